The van der Waals surface area contributed by atoms with Crippen molar-refractivity contribution in [3.63, 3.8) is 0 Å². The molecule has 1 N–H and O–H groups in total. The SMILES string of the molecule is CC(NC1=NCCCCC1)c1ccc(Cl)s1. The lowest BCUT2D eigenvalue weighted by Crippen LogP contribution is -2.25. The summed E-state index contributed by atoms with van der Waals surface area (Å²) < 4.78 is 0.853. The van der Waals surface area contributed by atoms with Gasteiger partial charge in [-0.15, -0.1) is 11.3 Å². The number of nitrogens with zero attached hydrogens (tertiary/aromatic N) is 1. The Kier molecular flexibility index (Phi) is 4.24. The highest BCUT2D eigenvalue weighted by molar-refractivity contribution is 7.16. The van der Waals surface area contributed by atoms with Crippen LogP contribution in [0.25, 0.3) is 0 Å². The van der Waals surface area contributed by atoms with Crippen LogP contribution in [0.4, 0.5) is 0 Å². The van der Waals surface area contributed by atoms with E-state index in [0.717, 1.165) is 23.1 Å². The largest absolute Gasteiger partial charge is 0.367 e. The van der Waals surface area contributed by atoms with Gasteiger partial charge in [0.25, 0.3) is 0 Å². The Morgan fingerprint density at radius 2 is 2.25 bits per heavy atom. The fourth-order valence-corrected chi connectivity index (χ4v) is 2.94. The quantitative estimate of drug-likeness (QED) is 0.849. The van der Waals surface area contributed by atoms with Crippen LogP contribution in [0.2, 0.25) is 4.34 Å². The Morgan fingerprint density at radius 1 is 1.38 bits per heavy atom. The number of aliphatic imine (C=N–C) groups is 1. The van der Waals surface area contributed by atoms with Crippen molar-refractivity contribution in [1.82, 2.24) is 5.32 Å². The third-order valence-electron chi connectivity index (χ3n) is 2.78. The molecule has 0 aliphatic carbocycles. The van der Waals surface area contributed by atoms with Crippen molar-refractivity contribution >= 4 is 28.8 Å². The zero-order valence-electron chi connectivity index (χ0n) is 9.50. The Labute approximate surface area is 106 Å². The summed E-state index contributed by atoms with van der Waals surface area (Å²) in [6.07, 6.45) is 4.87. The predicted molar refractivity (Wildman–Crippen MR) is 71.6 cm³/mol. The van der Waals surface area contributed by atoms with Crippen LogP contribution >= 0.6 is 22.9 Å². The second kappa shape index (κ2) is 5.69. The second-order valence-electron chi connectivity index (χ2n) is 4.15. The minimum Gasteiger partial charge on any atom is -0.367 e. The number of hydrogen-bond donors (Lipinski definition) is 1. The number of amidine groups is 1. The highest BCUT2D eigenvalue weighted by Crippen LogP contribution is 2.26. The van der Waals surface area contributed by atoms with E-state index in [-0.39, 0.29) is 0 Å². The summed E-state index contributed by atoms with van der Waals surface area (Å²) in [4.78, 5) is 5.85. The highest BCUT2D eigenvalue weighted by Gasteiger charge is 2.11. The van der Waals surface area contributed by atoms with Crippen LogP contribution < -0.4 is 5.32 Å². The van der Waals surface area contributed by atoms with Gasteiger partial charge in [-0.3, -0.25) is 4.99 Å². The zero-order valence-corrected chi connectivity index (χ0v) is 11.1. The molecule has 1 atom stereocenters. The van der Waals surface area contributed by atoms with Crippen molar-refractivity contribution in [3.8, 4) is 0 Å². The van der Waals surface area contributed by atoms with Gasteiger partial charge in [-0.25, -0.2) is 0 Å². The van der Waals surface area contributed by atoms with Gasteiger partial charge < -0.3 is 5.32 Å². The summed E-state index contributed by atoms with van der Waals surface area (Å²) in [5, 5.41) is 3.49. The first-order valence-electron chi connectivity index (χ1n) is 5.81. The Balaban J connectivity index is 1.95. The van der Waals surface area contributed by atoms with Gasteiger partial charge in [-0.05, 0) is 31.9 Å². The van der Waals surface area contributed by atoms with Gasteiger partial charge in [0.1, 0.15) is 0 Å². The van der Waals surface area contributed by atoms with Gasteiger partial charge in [-0.1, -0.05) is 18.0 Å². The lowest BCUT2D eigenvalue weighted by Gasteiger charge is -2.14. The third-order valence-corrected chi connectivity index (χ3v) is 4.19. The van der Waals surface area contributed by atoms with E-state index in [1.807, 2.05) is 6.07 Å². The number of halogens is 1. The van der Waals surface area contributed by atoms with Crippen molar-refractivity contribution in [3.05, 3.63) is 21.3 Å². The van der Waals surface area contributed by atoms with Crippen LogP contribution in [0, 0.1) is 0 Å². The molecular weight excluding hydrogens is 240 g/mol. The molecule has 2 rings (SSSR count). The van der Waals surface area contributed by atoms with Crippen LogP contribution in [-0.4, -0.2) is 12.4 Å². The van der Waals surface area contributed by atoms with Gasteiger partial charge >= 0.3 is 0 Å². The summed E-state index contributed by atoms with van der Waals surface area (Å²) in [7, 11) is 0. The van der Waals surface area contributed by atoms with E-state index in [4.69, 9.17) is 11.6 Å². The molecule has 0 saturated carbocycles. The van der Waals surface area contributed by atoms with Crippen molar-refractivity contribution in [2.45, 2.75) is 38.6 Å². The molecule has 0 bridgehead atoms. The lowest BCUT2D eigenvalue weighted by atomic mass is 10.2. The second-order valence-corrected chi connectivity index (χ2v) is 5.89. The fourth-order valence-electron chi connectivity index (χ4n) is 1.87. The highest BCUT2D eigenvalue weighted by atomic mass is 35.5. The van der Waals surface area contributed by atoms with Crippen LogP contribution in [0.3, 0.4) is 0 Å². The molecule has 0 radical (unpaired) electrons. The number of thiophene rings is 1. The summed E-state index contributed by atoms with van der Waals surface area (Å²) in [6, 6.07) is 4.35. The van der Waals surface area contributed by atoms with E-state index in [1.165, 1.54) is 24.1 Å². The first-order valence-corrected chi connectivity index (χ1v) is 7.00. The Morgan fingerprint density at radius 3 is 3.00 bits per heavy atom. The van der Waals surface area contributed by atoms with Crippen molar-refractivity contribution in [1.29, 1.82) is 0 Å². The molecule has 88 valence electrons. The van der Waals surface area contributed by atoms with E-state index in [2.05, 4.69) is 23.3 Å². The number of nitrogens with one attached hydrogen (secondary N) is 1. The molecule has 2 nitrogen and oxygen atoms in total. The van der Waals surface area contributed by atoms with Crippen molar-refractivity contribution < 1.29 is 0 Å². The molecule has 2 heterocycles. The van der Waals surface area contributed by atoms with Gasteiger partial charge in [0.2, 0.25) is 0 Å². The third kappa shape index (κ3) is 3.22. The van der Waals surface area contributed by atoms with Crippen molar-refractivity contribution in [2.75, 3.05) is 6.54 Å². The predicted octanol–water partition coefficient (Wildman–Crippen LogP) is 4.02. The lowest BCUT2D eigenvalue weighted by molar-refractivity contribution is 0.703. The van der Waals surface area contributed by atoms with Gasteiger partial charge in [0.15, 0.2) is 0 Å². The molecule has 1 aromatic heterocycles. The van der Waals surface area contributed by atoms with E-state index in [0.29, 0.717) is 6.04 Å². The summed E-state index contributed by atoms with van der Waals surface area (Å²) in [5.74, 6) is 1.16. The molecule has 1 aliphatic heterocycles. The summed E-state index contributed by atoms with van der Waals surface area (Å²) in [5.41, 5.74) is 0. The molecule has 0 fully saturated rings. The first kappa shape index (κ1) is 11.9. The standard InChI is InChI=1S/C12H17ClN2S/c1-9(10-6-7-11(13)16-10)15-12-5-3-2-4-8-14-12/h6-7,9H,2-5,8H2,1H3,(H,14,15). The molecule has 4 heteroatoms. The monoisotopic (exact) mass is 256 g/mol. The molecule has 1 unspecified atom stereocenters. The maximum absolute atomic E-state index is 5.93. The van der Waals surface area contributed by atoms with Crippen LogP contribution in [0.15, 0.2) is 17.1 Å². The number of hydrogen-bond acceptors (Lipinski definition) is 3. The zero-order chi connectivity index (χ0) is 11.4. The molecule has 0 aromatic carbocycles. The molecule has 16 heavy (non-hydrogen) atoms. The Hall–Kier alpha value is -0.540. The van der Waals surface area contributed by atoms with Crippen LogP contribution in [-0.2, 0) is 0 Å². The van der Waals surface area contributed by atoms with Gasteiger partial charge in [0.05, 0.1) is 16.2 Å². The van der Waals surface area contributed by atoms with E-state index < -0.39 is 0 Å². The molecule has 0 amide bonds. The topological polar surface area (TPSA) is 24.4 Å². The van der Waals surface area contributed by atoms with E-state index in [9.17, 15) is 0 Å². The van der Waals surface area contributed by atoms with Gasteiger partial charge in [-0.2, -0.15) is 0 Å². The molecule has 0 saturated heterocycles. The fraction of sp³-hybridized carbons (Fsp3) is 0.583. The molecule has 1 aromatic rings. The minimum absolute atomic E-state index is 0.314. The average Bonchev–Trinajstić information content (AvgIpc) is 2.54. The summed E-state index contributed by atoms with van der Waals surface area (Å²) >= 11 is 7.57. The molecule has 1 aliphatic rings. The Bertz CT molecular complexity index is 373. The summed E-state index contributed by atoms with van der Waals surface area (Å²) in [6.45, 7) is 3.13. The van der Waals surface area contributed by atoms with Crippen LogP contribution in [0.1, 0.15) is 43.5 Å². The maximum atomic E-state index is 5.93. The van der Waals surface area contributed by atoms with E-state index >= 15 is 0 Å². The smallest absolute Gasteiger partial charge is 0.0967 e. The first-order chi connectivity index (χ1) is 7.75. The minimum atomic E-state index is 0.314. The van der Waals surface area contributed by atoms with Crippen molar-refractivity contribution in [2.24, 2.45) is 4.99 Å². The average molecular weight is 257 g/mol. The van der Waals surface area contributed by atoms with Gasteiger partial charge in [0, 0.05) is 17.8 Å². The molecule has 0 spiro atoms. The maximum Gasteiger partial charge on any atom is 0.0967 e. The number of rotatable bonds is 2. The van der Waals surface area contributed by atoms with Crippen LogP contribution in [0.5, 0.6) is 0 Å². The normalized spacial score (nSPS) is 18.8. The van der Waals surface area contributed by atoms with E-state index in [1.54, 1.807) is 11.3 Å². The molecular formula is C12H17ClN2S.